The zero-order valence-electron chi connectivity index (χ0n) is 11.5. The summed E-state index contributed by atoms with van der Waals surface area (Å²) in [6.07, 6.45) is 0.783. The lowest BCUT2D eigenvalue weighted by atomic mass is 10.1. The van der Waals surface area contributed by atoms with Crippen molar-refractivity contribution in [3.05, 3.63) is 45.2 Å². The normalized spacial score (nSPS) is 10.8. The maximum atomic E-state index is 5.60. The summed E-state index contributed by atoms with van der Waals surface area (Å²) in [6, 6.07) is 6.21. The van der Waals surface area contributed by atoms with E-state index < -0.39 is 0 Å². The summed E-state index contributed by atoms with van der Waals surface area (Å²) in [7, 11) is 0. The number of halogens is 1. The third kappa shape index (κ3) is 3.19. The average molecular weight is 320 g/mol. The van der Waals surface area contributed by atoms with Crippen LogP contribution < -0.4 is 5.73 Å². The quantitative estimate of drug-likeness (QED) is 0.944. The van der Waals surface area contributed by atoms with Crippen LogP contribution in [0.15, 0.2) is 22.7 Å². The molecule has 0 bridgehead atoms. The van der Waals surface area contributed by atoms with Gasteiger partial charge in [-0.05, 0) is 56.6 Å². The van der Waals surface area contributed by atoms with E-state index in [2.05, 4.69) is 51.9 Å². The fourth-order valence-electron chi connectivity index (χ4n) is 2.11. The molecular weight excluding hydrogens is 302 g/mol. The SMILES string of the molecule is Cc1cc(CCN)nc(-c2cc(C)c(Br)c(C)c2)n1. The van der Waals surface area contributed by atoms with Gasteiger partial charge >= 0.3 is 0 Å². The topological polar surface area (TPSA) is 51.8 Å². The number of rotatable bonds is 3. The molecule has 100 valence electrons. The summed E-state index contributed by atoms with van der Waals surface area (Å²) < 4.78 is 1.14. The van der Waals surface area contributed by atoms with Gasteiger partial charge in [-0.1, -0.05) is 15.9 Å². The average Bonchev–Trinajstić information content (AvgIpc) is 2.35. The number of aryl methyl sites for hydroxylation is 3. The van der Waals surface area contributed by atoms with Crippen molar-refractivity contribution >= 4 is 15.9 Å². The molecule has 0 aliphatic heterocycles. The standard InChI is InChI=1S/C15H18BrN3/c1-9-6-12(7-10(2)14(9)16)15-18-11(3)8-13(19-15)4-5-17/h6-8H,4-5,17H2,1-3H3. The molecule has 19 heavy (non-hydrogen) atoms. The summed E-state index contributed by atoms with van der Waals surface area (Å²) in [5.74, 6) is 0.780. The predicted octanol–water partition coefficient (Wildman–Crippen LogP) is 3.33. The maximum Gasteiger partial charge on any atom is 0.159 e. The van der Waals surface area contributed by atoms with Crippen LogP contribution in [0, 0.1) is 20.8 Å². The van der Waals surface area contributed by atoms with Crippen LogP contribution in [0.1, 0.15) is 22.5 Å². The molecule has 0 amide bonds. The number of hydrogen-bond acceptors (Lipinski definition) is 3. The van der Waals surface area contributed by atoms with Gasteiger partial charge in [0.25, 0.3) is 0 Å². The lowest BCUT2D eigenvalue weighted by molar-refractivity contribution is 0.904. The Bertz CT molecular complexity index is 585. The predicted molar refractivity (Wildman–Crippen MR) is 82.1 cm³/mol. The molecule has 1 aromatic carbocycles. The minimum absolute atomic E-state index is 0.605. The second-order valence-electron chi connectivity index (χ2n) is 4.79. The lowest BCUT2D eigenvalue weighted by Crippen LogP contribution is -2.06. The molecule has 0 spiro atoms. The highest BCUT2D eigenvalue weighted by Gasteiger charge is 2.08. The van der Waals surface area contributed by atoms with Crippen LogP contribution in [0.5, 0.6) is 0 Å². The van der Waals surface area contributed by atoms with Gasteiger partial charge in [0, 0.05) is 27.8 Å². The molecule has 0 aliphatic carbocycles. The molecular formula is C15H18BrN3. The smallest absolute Gasteiger partial charge is 0.159 e. The van der Waals surface area contributed by atoms with E-state index in [1.165, 1.54) is 11.1 Å². The largest absolute Gasteiger partial charge is 0.330 e. The van der Waals surface area contributed by atoms with Crippen LogP contribution >= 0.6 is 15.9 Å². The zero-order chi connectivity index (χ0) is 14.0. The molecule has 3 nitrogen and oxygen atoms in total. The van der Waals surface area contributed by atoms with E-state index in [0.29, 0.717) is 6.54 Å². The van der Waals surface area contributed by atoms with Crippen LogP contribution in [0.25, 0.3) is 11.4 Å². The molecule has 0 saturated heterocycles. The molecule has 1 aromatic heterocycles. The fraction of sp³-hybridized carbons (Fsp3) is 0.333. The van der Waals surface area contributed by atoms with Crippen LogP contribution in [0.3, 0.4) is 0 Å². The Hall–Kier alpha value is -1.26. The fourth-order valence-corrected chi connectivity index (χ4v) is 2.34. The first-order valence-corrected chi connectivity index (χ1v) is 7.12. The Labute approximate surface area is 122 Å². The molecule has 0 radical (unpaired) electrons. The minimum atomic E-state index is 0.605. The summed E-state index contributed by atoms with van der Waals surface area (Å²) in [5, 5.41) is 0. The van der Waals surface area contributed by atoms with Crippen LogP contribution in [0.4, 0.5) is 0 Å². The van der Waals surface area contributed by atoms with Crippen LogP contribution in [-0.2, 0) is 6.42 Å². The Kier molecular flexibility index (Phi) is 4.32. The van der Waals surface area contributed by atoms with E-state index >= 15 is 0 Å². The molecule has 0 aliphatic rings. The van der Waals surface area contributed by atoms with Crippen molar-refractivity contribution < 1.29 is 0 Å². The van der Waals surface area contributed by atoms with Gasteiger partial charge in [-0.15, -0.1) is 0 Å². The highest BCUT2D eigenvalue weighted by Crippen LogP contribution is 2.27. The van der Waals surface area contributed by atoms with E-state index in [-0.39, 0.29) is 0 Å². The molecule has 0 atom stereocenters. The second-order valence-corrected chi connectivity index (χ2v) is 5.58. The first-order valence-electron chi connectivity index (χ1n) is 6.33. The Morgan fingerprint density at radius 2 is 1.68 bits per heavy atom. The number of nitrogens with two attached hydrogens (primary N) is 1. The van der Waals surface area contributed by atoms with E-state index in [0.717, 1.165) is 33.7 Å². The van der Waals surface area contributed by atoms with Crippen molar-refractivity contribution in [2.24, 2.45) is 5.73 Å². The zero-order valence-corrected chi connectivity index (χ0v) is 13.1. The van der Waals surface area contributed by atoms with Crippen molar-refractivity contribution in [1.82, 2.24) is 9.97 Å². The summed E-state index contributed by atoms with van der Waals surface area (Å²) in [5.41, 5.74) is 11.0. The highest BCUT2D eigenvalue weighted by atomic mass is 79.9. The Morgan fingerprint density at radius 1 is 1.05 bits per heavy atom. The molecule has 2 rings (SSSR count). The minimum Gasteiger partial charge on any atom is -0.330 e. The lowest BCUT2D eigenvalue weighted by Gasteiger charge is -2.09. The van der Waals surface area contributed by atoms with Gasteiger partial charge in [0.2, 0.25) is 0 Å². The van der Waals surface area contributed by atoms with E-state index in [4.69, 9.17) is 5.73 Å². The van der Waals surface area contributed by atoms with Gasteiger partial charge in [0.1, 0.15) is 0 Å². The Balaban J connectivity index is 2.52. The molecule has 1 heterocycles. The number of nitrogens with zero attached hydrogens (tertiary/aromatic N) is 2. The van der Waals surface area contributed by atoms with E-state index in [9.17, 15) is 0 Å². The van der Waals surface area contributed by atoms with Gasteiger partial charge in [-0.2, -0.15) is 0 Å². The van der Waals surface area contributed by atoms with Gasteiger partial charge < -0.3 is 5.73 Å². The number of benzene rings is 1. The van der Waals surface area contributed by atoms with Crippen LogP contribution in [0.2, 0.25) is 0 Å². The monoisotopic (exact) mass is 319 g/mol. The van der Waals surface area contributed by atoms with Crippen LogP contribution in [-0.4, -0.2) is 16.5 Å². The van der Waals surface area contributed by atoms with E-state index in [1.54, 1.807) is 0 Å². The number of hydrogen-bond donors (Lipinski definition) is 1. The van der Waals surface area contributed by atoms with Crippen molar-refractivity contribution in [3.63, 3.8) is 0 Å². The summed E-state index contributed by atoms with van der Waals surface area (Å²) in [6.45, 7) is 6.76. The third-order valence-corrected chi connectivity index (χ3v) is 4.25. The molecule has 0 saturated carbocycles. The molecule has 2 aromatic rings. The first kappa shape index (κ1) is 14.2. The maximum absolute atomic E-state index is 5.60. The first-order chi connectivity index (χ1) is 9.01. The Morgan fingerprint density at radius 3 is 2.26 bits per heavy atom. The van der Waals surface area contributed by atoms with Gasteiger partial charge in [0.15, 0.2) is 5.82 Å². The van der Waals surface area contributed by atoms with E-state index in [1.807, 2.05) is 13.0 Å². The van der Waals surface area contributed by atoms with Crippen molar-refractivity contribution in [1.29, 1.82) is 0 Å². The second kappa shape index (κ2) is 5.80. The van der Waals surface area contributed by atoms with Crippen molar-refractivity contribution in [3.8, 4) is 11.4 Å². The third-order valence-electron chi connectivity index (χ3n) is 3.00. The van der Waals surface area contributed by atoms with Crippen molar-refractivity contribution in [2.45, 2.75) is 27.2 Å². The molecule has 0 fully saturated rings. The van der Waals surface area contributed by atoms with Gasteiger partial charge in [-0.25, -0.2) is 9.97 Å². The van der Waals surface area contributed by atoms with Crippen molar-refractivity contribution in [2.75, 3.05) is 6.54 Å². The summed E-state index contributed by atoms with van der Waals surface area (Å²) >= 11 is 3.58. The molecule has 4 heteroatoms. The van der Waals surface area contributed by atoms with Gasteiger partial charge in [0.05, 0.1) is 0 Å². The summed E-state index contributed by atoms with van der Waals surface area (Å²) in [4.78, 5) is 9.13. The van der Waals surface area contributed by atoms with Gasteiger partial charge in [-0.3, -0.25) is 0 Å². The number of aromatic nitrogens is 2. The highest BCUT2D eigenvalue weighted by molar-refractivity contribution is 9.10. The molecule has 0 unspecified atom stereocenters. The molecule has 2 N–H and O–H groups in total.